The average Bonchev–Trinajstić information content (AvgIpc) is 1.98. The predicted molar refractivity (Wildman–Crippen MR) is 41.2 cm³/mol. The molecule has 0 aromatic carbocycles. The molecule has 1 aliphatic rings. The van der Waals surface area contributed by atoms with E-state index in [1.54, 1.807) is 0 Å². The standard InChI is InChI=1S/C7H12F2N2O2/c8-7(9)3-1-2-4(5(7)10)13-6(11)12/h4-5H,1-3,10H2,(H2,11,12)/t4-,5+/m1/s1. The number of halogens is 2. The van der Waals surface area contributed by atoms with Gasteiger partial charge in [-0.15, -0.1) is 0 Å². The zero-order valence-corrected chi connectivity index (χ0v) is 7.00. The Balaban J connectivity index is 2.60. The van der Waals surface area contributed by atoms with Crippen molar-refractivity contribution in [3.63, 3.8) is 0 Å². The van der Waals surface area contributed by atoms with E-state index in [1.165, 1.54) is 0 Å². The number of ether oxygens (including phenoxy) is 1. The highest BCUT2D eigenvalue weighted by molar-refractivity contribution is 5.64. The second-order valence-corrected chi connectivity index (χ2v) is 3.15. The van der Waals surface area contributed by atoms with E-state index in [1.807, 2.05) is 0 Å². The summed E-state index contributed by atoms with van der Waals surface area (Å²) in [5.74, 6) is -2.96. The molecule has 4 nitrogen and oxygen atoms in total. The minimum Gasteiger partial charge on any atom is -0.444 e. The quantitative estimate of drug-likeness (QED) is 0.641. The Morgan fingerprint density at radius 3 is 2.69 bits per heavy atom. The Hall–Kier alpha value is -0.910. The van der Waals surface area contributed by atoms with Crippen molar-refractivity contribution in [3.05, 3.63) is 0 Å². The summed E-state index contributed by atoms with van der Waals surface area (Å²) in [7, 11) is 0. The second kappa shape index (κ2) is 3.45. The van der Waals surface area contributed by atoms with Gasteiger partial charge in [-0.25, -0.2) is 13.6 Å². The van der Waals surface area contributed by atoms with Gasteiger partial charge in [-0.05, 0) is 12.8 Å². The first-order valence-electron chi connectivity index (χ1n) is 4.03. The van der Waals surface area contributed by atoms with E-state index in [4.69, 9.17) is 11.5 Å². The second-order valence-electron chi connectivity index (χ2n) is 3.15. The molecule has 6 heteroatoms. The first-order chi connectivity index (χ1) is 5.93. The fraction of sp³-hybridized carbons (Fsp3) is 0.857. The Bertz CT molecular complexity index is 211. The molecule has 0 saturated heterocycles. The molecule has 1 aliphatic carbocycles. The summed E-state index contributed by atoms with van der Waals surface area (Å²) in [4.78, 5) is 10.3. The predicted octanol–water partition coefficient (Wildman–Crippen LogP) is 0.597. The van der Waals surface area contributed by atoms with Crippen molar-refractivity contribution in [2.75, 3.05) is 0 Å². The fourth-order valence-corrected chi connectivity index (χ4v) is 1.44. The number of carbonyl (C=O) groups excluding carboxylic acids is 1. The molecule has 2 atom stereocenters. The van der Waals surface area contributed by atoms with Gasteiger partial charge in [0.15, 0.2) is 0 Å². The molecule has 13 heavy (non-hydrogen) atoms. The number of hydrogen-bond donors (Lipinski definition) is 2. The van der Waals surface area contributed by atoms with Crippen molar-refractivity contribution in [2.45, 2.75) is 37.3 Å². The maximum atomic E-state index is 12.9. The third kappa shape index (κ3) is 2.27. The van der Waals surface area contributed by atoms with Crippen LogP contribution in [0.2, 0.25) is 0 Å². The maximum absolute atomic E-state index is 12.9. The number of alkyl halides is 2. The van der Waals surface area contributed by atoms with Gasteiger partial charge >= 0.3 is 6.09 Å². The summed E-state index contributed by atoms with van der Waals surface area (Å²) in [6, 6.07) is -1.44. The molecular formula is C7H12F2N2O2. The number of rotatable bonds is 1. The van der Waals surface area contributed by atoms with Gasteiger partial charge in [-0.2, -0.15) is 0 Å². The number of nitrogens with two attached hydrogens (primary N) is 2. The zero-order chi connectivity index (χ0) is 10.1. The van der Waals surface area contributed by atoms with Gasteiger partial charge in [-0.1, -0.05) is 0 Å². The van der Waals surface area contributed by atoms with E-state index < -0.39 is 24.2 Å². The minimum absolute atomic E-state index is 0.257. The molecule has 4 N–H and O–H groups in total. The van der Waals surface area contributed by atoms with Crippen LogP contribution in [0.3, 0.4) is 0 Å². The Morgan fingerprint density at radius 2 is 2.15 bits per heavy atom. The number of carbonyl (C=O) groups is 1. The van der Waals surface area contributed by atoms with Crippen LogP contribution in [-0.2, 0) is 4.74 Å². The van der Waals surface area contributed by atoms with Gasteiger partial charge in [0.2, 0.25) is 0 Å². The Kier molecular flexibility index (Phi) is 2.70. The normalized spacial score (nSPS) is 32.5. The molecule has 0 heterocycles. The van der Waals surface area contributed by atoms with E-state index >= 15 is 0 Å². The molecule has 0 aromatic heterocycles. The van der Waals surface area contributed by atoms with Crippen LogP contribution in [0.1, 0.15) is 19.3 Å². The fourth-order valence-electron chi connectivity index (χ4n) is 1.44. The lowest BCUT2D eigenvalue weighted by Crippen LogP contribution is -2.54. The molecule has 0 spiro atoms. The van der Waals surface area contributed by atoms with Crippen LogP contribution in [0.4, 0.5) is 13.6 Å². The Morgan fingerprint density at radius 1 is 1.54 bits per heavy atom. The maximum Gasteiger partial charge on any atom is 0.404 e. The third-order valence-electron chi connectivity index (χ3n) is 2.15. The van der Waals surface area contributed by atoms with Crippen LogP contribution < -0.4 is 11.5 Å². The zero-order valence-electron chi connectivity index (χ0n) is 7.00. The van der Waals surface area contributed by atoms with Crippen molar-refractivity contribution in [1.29, 1.82) is 0 Å². The van der Waals surface area contributed by atoms with Crippen LogP contribution in [0.5, 0.6) is 0 Å². The van der Waals surface area contributed by atoms with Gasteiger partial charge in [0, 0.05) is 6.42 Å². The van der Waals surface area contributed by atoms with Gasteiger partial charge in [0.1, 0.15) is 12.1 Å². The molecule has 1 amide bonds. The topological polar surface area (TPSA) is 78.3 Å². The van der Waals surface area contributed by atoms with Crippen molar-refractivity contribution >= 4 is 6.09 Å². The lowest BCUT2D eigenvalue weighted by molar-refractivity contribution is -0.0963. The summed E-state index contributed by atoms with van der Waals surface area (Å²) in [5.41, 5.74) is 9.93. The van der Waals surface area contributed by atoms with Gasteiger partial charge in [0.05, 0.1) is 0 Å². The molecule has 0 aliphatic heterocycles. The van der Waals surface area contributed by atoms with Gasteiger partial charge < -0.3 is 16.2 Å². The van der Waals surface area contributed by atoms with Crippen LogP contribution in [0, 0.1) is 0 Å². The number of amides is 1. The minimum atomic E-state index is -2.96. The summed E-state index contributed by atoms with van der Waals surface area (Å²) in [5, 5.41) is 0. The van der Waals surface area contributed by atoms with E-state index in [0.29, 0.717) is 12.8 Å². The summed E-state index contributed by atoms with van der Waals surface area (Å²) in [6.07, 6.45) is -1.63. The summed E-state index contributed by atoms with van der Waals surface area (Å²) >= 11 is 0. The first kappa shape index (κ1) is 10.2. The molecule has 0 bridgehead atoms. The van der Waals surface area contributed by atoms with Gasteiger partial charge in [0.25, 0.3) is 5.92 Å². The molecule has 76 valence electrons. The number of hydrogen-bond acceptors (Lipinski definition) is 3. The Labute approximate surface area is 74.2 Å². The van der Waals surface area contributed by atoms with Crippen LogP contribution in [0.25, 0.3) is 0 Å². The van der Waals surface area contributed by atoms with Crippen LogP contribution in [0.15, 0.2) is 0 Å². The molecule has 1 rings (SSSR count). The third-order valence-corrected chi connectivity index (χ3v) is 2.15. The SMILES string of the molecule is NC(=O)O[C@@H]1CCCC(F)(F)[C@H]1N. The lowest BCUT2D eigenvalue weighted by Gasteiger charge is -2.34. The van der Waals surface area contributed by atoms with Crippen molar-refractivity contribution in [1.82, 2.24) is 0 Å². The molecule has 0 radical (unpaired) electrons. The van der Waals surface area contributed by atoms with Crippen molar-refractivity contribution in [2.24, 2.45) is 11.5 Å². The van der Waals surface area contributed by atoms with Crippen LogP contribution >= 0.6 is 0 Å². The van der Waals surface area contributed by atoms with E-state index in [2.05, 4.69) is 4.74 Å². The molecule has 0 aromatic rings. The summed E-state index contributed by atoms with van der Waals surface area (Å²) in [6.45, 7) is 0. The highest BCUT2D eigenvalue weighted by atomic mass is 19.3. The average molecular weight is 194 g/mol. The molecule has 1 fully saturated rings. The largest absolute Gasteiger partial charge is 0.444 e. The van der Waals surface area contributed by atoms with Crippen molar-refractivity contribution < 1.29 is 18.3 Å². The smallest absolute Gasteiger partial charge is 0.404 e. The van der Waals surface area contributed by atoms with E-state index in [0.717, 1.165) is 0 Å². The highest BCUT2D eigenvalue weighted by Crippen LogP contribution is 2.33. The van der Waals surface area contributed by atoms with E-state index in [9.17, 15) is 13.6 Å². The van der Waals surface area contributed by atoms with E-state index in [-0.39, 0.29) is 6.42 Å². The number of primary amides is 1. The molecular weight excluding hydrogens is 182 g/mol. The van der Waals surface area contributed by atoms with Crippen molar-refractivity contribution in [3.8, 4) is 0 Å². The van der Waals surface area contributed by atoms with Gasteiger partial charge in [-0.3, -0.25) is 0 Å². The highest BCUT2D eigenvalue weighted by Gasteiger charge is 2.46. The summed E-state index contributed by atoms with van der Waals surface area (Å²) < 4.78 is 30.4. The first-order valence-corrected chi connectivity index (χ1v) is 4.03. The molecule has 0 unspecified atom stereocenters. The van der Waals surface area contributed by atoms with Crippen LogP contribution in [-0.4, -0.2) is 24.2 Å². The lowest BCUT2D eigenvalue weighted by atomic mass is 9.89. The monoisotopic (exact) mass is 194 g/mol. The molecule has 1 saturated carbocycles.